The molecule has 2 rings (SSSR count). The number of hydrogen-bond donors (Lipinski definition) is 2. The zero-order chi connectivity index (χ0) is 20.2. The molecule has 0 aliphatic carbocycles. The number of halogens is 1. The summed E-state index contributed by atoms with van der Waals surface area (Å²) in [5, 5.41) is 6.70. The largest absolute Gasteiger partial charge is 0.493 e. The first kappa shape index (κ1) is 25.3. The van der Waals surface area contributed by atoms with Crippen LogP contribution in [0.5, 0.6) is 17.2 Å². The van der Waals surface area contributed by atoms with Crippen molar-refractivity contribution in [2.75, 3.05) is 46.4 Å². The van der Waals surface area contributed by atoms with Crippen molar-refractivity contribution in [3.05, 3.63) is 41.9 Å². The Morgan fingerprint density at radius 1 is 1.07 bits per heavy atom. The minimum absolute atomic E-state index is 0. The number of guanidine groups is 1. The Balaban J connectivity index is 0.00000420. The molecule has 1 aromatic heterocycles. The van der Waals surface area contributed by atoms with Gasteiger partial charge in [-0.3, -0.25) is 0 Å². The topological polar surface area (TPSA) is 77.2 Å². The van der Waals surface area contributed by atoms with Crippen LogP contribution in [0.3, 0.4) is 0 Å². The predicted octanol–water partition coefficient (Wildman–Crippen LogP) is 3.56. The van der Waals surface area contributed by atoms with Crippen molar-refractivity contribution in [1.29, 1.82) is 0 Å². The van der Waals surface area contributed by atoms with Crippen molar-refractivity contribution in [1.82, 2.24) is 10.6 Å². The molecule has 1 aromatic carbocycles. The molecule has 0 spiro atoms. The number of nitrogens with one attached hydrogen (secondary N) is 2. The third-order valence-corrected chi connectivity index (χ3v) is 4.60. The average molecular weight is 535 g/mol. The standard InChI is InChI=1S/C20H29N3O4S.HI/c1-24-17-12-15(13-18(25-2)19(17)26-3)14-23-20(22-9-11-28-4)21-8-7-16-6-5-10-27-16;/h5-6,10,12-13H,7-9,11,14H2,1-4H3,(H2,21,22,23);1H. The van der Waals surface area contributed by atoms with Crippen LogP contribution in [0.4, 0.5) is 0 Å². The lowest BCUT2D eigenvalue weighted by Crippen LogP contribution is -2.39. The fourth-order valence-electron chi connectivity index (χ4n) is 2.60. The van der Waals surface area contributed by atoms with E-state index in [2.05, 4.69) is 16.9 Å². The fraction of sp³-hybridized carbons (Fsp3) is 0.450. The van der Waals surface area contributed by atoms with Gasteiger partial charge in [-0.2, -0.15) is 11.8 Å². The summed E-state index contributed by atoms with van der Waals surface area (Å²) in [5.41, 5.74) is 0.964. The molecule has 2 aromatic rings. The fourth-order valence-corrected chi connectivity index (χ4v) is 2.91. The summed E-state index contributed by atoms with van der Waals surface area (Å²) in [6.45, 7) is 2.04. The molecule has 7 nitrogen and oxygen atoms in total. The van der Waals surface area contributed by atoms with Crippen molar-refractivity contribution in [3.63, 3.8) is 0 Å². The molecule has 0 radical (unpaired) electrons. The predicted molar refractivity (Wildman–Crippen MR) is 129 cm³/mol. The highest BCUT2D eigenvalue weighted by atomic mass is 127. The maximum absolute atomic E-state index is 5.41. The van der Waals surface area contributed by atoms with Gasteiger partial charge in [0.15, 0.2) is 17.5 Å². The summed E-state index contributed by atoms with van der Waals surface area (Å²) < 4.78 is 21.6. The van der Waals surface area contributed by atoms with Gasteiger partial charge >= 0.3 is 0 Å². The lowest BCUT2D eigenvalue weighted by atomic mass is 10.2. The number of rotatable bonds is 11. The van der Waals surface area contributed by atoms with Gasteiger partial charge in [-0.1, -0.05) is 0 Å². The van der Waals surface area contributed by atoms with Crippen molar-refractivity contribution in [2.45, 2.75) is 13.0 Å². The van der Waals surface area contributed by atoms with Gasteiger partial charge in [0.05, 0.1) is 34.1 Å². The molecule has 0 unspecified atom stereocenters. The highest BCUT2D eigenvalue weighted by Crippen LogP contribution is 2.38. The number of thioether (sulfide) groups is 1. The Kier molecular flexibility index (Phi) is 12.4. The van der Waals surface area contributed by atoms with E-state index in [0.717, 1.165) is 42.5 Å². The van der Waals surface area contributed by atoms with Crippen molar-refractivity contribution >= 4 is 41.7 Å². The monoisotopic (exact) mass is 535 g/mol. The molecule has 0 atom stereocenters. The van der Waals surface area contributed by atoms with E-state index >= 15 is 0 Å². The molecule has 29 heavy (non-hydrogen) atoms. The van der Waals surface area contributed by atoms with Gasteiger partial charge in [0.1, 0.15) is 5.76 Å². The Bertz CT molecular complexity index is 716. The van der Waals surface area contributed by atoms with Crippen molar-refractivity contribution in [3.8, 4) is 17.2 Å². The average Bonchev–Trinajstić information content (AvgIpc) is 3.24. The number of hydrogen-bond acceptors (Lipinski definition) is 6. The summed E-state index contributed by atoms with van der Waals surface area (Å²) in [5.74, 6) is 4.52. The van der Waals surface area contributed by atoms with Crippen molar-refractivity contribution in [2.24, 2.45) is 4.99 Å². The van der Waals surface area contributed by atoms with Gasteiger partial charge in [0.25, 0.3) is 0 Å². The molecular weight excluding hydrogens is 505 g/mol. The van der Waals surface area contributed by atoms with Gasteiger partial charge in [-0.05, 0) is 36.1 Å². The van der Waals surface area contributed by atoms with E-state index in [1.165, 1.54) is 0 Å². The van der Waals surface area contributed by atoms with Gasteiger partial charge in [0.2, 0.25) is 5.75 Å². The second kappa shape index (κ2) is 14.3. The Morgan fingerprint density at radius 2 is 1.76 bits per heavy atom. The summed E-state index contributed by atoms with van der Waals surface area (Å²) in [7, 11) is 4.81. The lowest BCUT2D eigenvalue weighted by Gasteiger charge is -2.14. The first-order chi connectivity index (χ1) is 13.7. The van der Waals surface area contributed by atoms with Gasteiger partial charge in [-0.25, -0.2) is 4.99 Å². The Morgan fingerprint density at radius 3 is 2.31 bits per heavy atom. The lowest BCUT2D eigenvalue weighted by molar-refractivity contribution is 0.324. The third-order valence-electron chi connectivity index (χ3n) is 3.99. The van der Waals surface area contributed by atoms with Gasteiger partial charge in [-0.15, -0.1) is 24.0 Å². The normalized spacial score (nSPS) is 10.8. The van der Waals surface area contributed by atoms with E-state index in [0.29, 0.717) is 23.8 Å². The maximum Gasteiger partial charge on any atom is 0.203 e. The summed E-state index contributed by atoms with van der Waals surface area (Å²) in [6, 6.07) is 7.68. The molecule has 0 fully saturated rings. The smallest absolute Gasteiger partial charge is 0.203 e. The highest BCUT2D eigenvalue weighted by Gasteiger charge is 2.13. The number of methoxy groups -OCH3 is 3. The molecule has 0 amide bonds. The third kappa shape index (κ3) is 8.25. The summed E-state index contributed by atoms with van der Waals surface area (Å²) in [6.07, 6.45) is 4.56. The minimum Gasteiger partial charge on any atom is -0.493 e. The number of benzene rings is 1. The second-order valence-corrected chi connectivity index (χ2v) is 6.86. The molecule has 0 aliphatic rings. The molecule has 0 saturated carbocycles. The zero-order valence-electron chi connectivity index (χ0n) is 17.3. The van der Waals surface area contributed by atoms with Crippen LogP contribution in [0.2, 0.25) is 0 Å². The zero-order valence-corrected chi connectivity index (χ0v) is 20.5. The number of aliphatic imine (C=N–C) groups is 1. The van der Waals surface area contributed by atoms with Crippen LogP contribution in [-0.4, -0.2) is 52.4 Å². The number of ether oxygens (including phenoxy) is 3. The number of furan rings is 1. The quantitative estimate of drug-likeness (QED) is 0.197. The van der Waals surface area contributed by atoms with E-state index in [1.54, 1.807) is 39.4 Å². The molecule has 2 N–H and O–H groups in total. The molecule has 0 saturated heterocycles. The summed E-state index contributed by atoms with van der Waals surface area (Å²) in [4.78, 5) is 4.69. The highest BCUT2D eigenvalue weighted by molar-refractivity contribution is 14.0. The Hall–Kier alpha value is -1.75. The maximum atomic E-state index is 5.41. The van der Waals surface area contributed by atoms with Crippen LogP contribution in [0.1, 0.15) is 11.3 Å². The van der Waals surface area contributed by atoms with Crippen molar-refractivity contribution < 1.29 is 18.6 Å². The summed E-state index contributed by atoms with van der Waals surface area (Å²) >= 11 is 1.79. The first-order valence-electron chi connectivity index (χ1n) is 9.04. The van der Waals surface area contributed by atoms with E-state index < -0.39 is 0 Å². The molecule has 1 heterocycles. The minimum atomic E-state index is 0. The van der Waals surface area contributed by atoms with E-state index in [-0.39, 0.29) is 24.0 Å². The van der Waals surface area contributed by atoms with Crippen LogP contribution in [-0.2, 0) is 13.0 Å². The molecule has 162 valence electrons. The van der Waals surface area contributed by atoms with Gasteiger partial charge < -0.3 is 29.3 Å². The SMILES string of the molecule is COc1cc(CN=C(NCCSC)NCCc2ccco2)cc(OC)c1OC.I. The van der Waals surface area contributed by atoms with E-state index in [1.807, 2.05) is 24.3 Å². The molecule has 9 heteroatoms. The first-order valence-corrected chi connectivity index (χ1v) is 10.4. The molecule has 0 bridgehead atoms. The molecular formula is C20H30IN3O4S. The van der Waals surface area contributed by atoms with Crippen LogP contribution in [0.15, 0.2) is 39.9 Å². The molecule has 0 aliphatic heterocycles. The van der Waals surface area contributed by atoms with E-state index in [9.17, 15) is 0 Å². The second-order valence-electron chi connectivity index (χ2n) is 5.87. The van der Waals surface area contributed by atoms with Crippen LogP contribution in [0, 0.1) is 0 Å². The van der Waals surface area contributed by atoms with E-state index in [4.69, 9.17) is 23.6 Å². The number of nitrogens with zero attached hydrogens (tertiary/aromatic N) is 1. The van der Waals surface area contributed by atoms with Crippen LogP contribution in [0.25, 0.3) is 0 Å². The van der Waals surface area contributed by atoms with Crippen LogP contribution >= 0.6 is 35.7 Å². The Labute approximate surface area is 194 Å². The van der Waals surface area contributed by atoms with Crippen LogP contribution < -0.4 is 24.8 Å². The van der Waals surface area contributed by atoms with Gasteiger partial charge in [0, 0.05) is 25.3 Å².